The molecule has 1 aliphatic heterocycles. The molecule has 1 heterocycles. The summed E-state index contributed by atoms with van der Waals surface area (Å²) in [5.41, 5.74) is 6.85. The van der Waals surface area contributed by atoms with Crippen LogP contribution in [-0.4, -0.2) is 15.6 Å². The van der Waals surface area contributed by atoms with Gasteiger partial charge in [-0.25, -0.2) is 4.98 Å². The molecule has 4 nitrogen and oxygen atoms in total. The molecule has 32 heavy (non-hydrogen) atoms. The van der Waals surface area contributed by atoms with Crippen LogP contribution in [0.25, 0.3) is 28.1 Å². The molecule has 0 spiro atoms. The third-order valence-corrected chi connectivity index (χ3v) is 5.48. The Bertz CT molecular complexity index is 1420. The molecule has 0 radical (unpaired) electrons. The van der Waals surface area contributed by atoms with Crippen molar-refractivity contribution >= 4 is 34.0 Å². The Balaban J connectivity index is 1.81. The Morgan fingerprint density at radius 3 is 2.34 bits per heavy atom. The van der Waals surface area contributed by atoms with Gasteiger partial charge in [-0.05, 0) is 74.5 Å². The van der Waals surface area contributed by atoms with E-state index in [2.05, 4.69) is 66.2 Å². The number of fused-ring (bicyclic) bond motifs is 2. The Hall–Kier alpha value is -3.63. The lowest BCUT2D eigenvalue weighted by molar-refractivity contribution is 0.806. The van der Waals surface area contributed by atoms with E-state index in [1.807, 2.05) is 48.5 Å². The monoisotopic (exact) mass is 438 g/mol. The third-order valence-electron chi connectivity index (χ3n) is 5.23. The summed E-state index contributed by atoms with van der Waals surface area (Å²) in [6.45, 7) is 4.17. The van der Waals surface area contributed by atoms with Gasteiger partial charge in [0, 0.05) is 22.4 Å². The van der Waals surface area contributed by atoms with Crippen LogP contribution in [0.4, 0.5) is 11.4 Å². The number of nitrogens with zero attached hydrogens (tertiary/aromatic N) is 3. The topological polar surface area (TPSA) is 42.2 Å². The molecule has 0 bridgehead atoms. The smallest absolute Gasteiger partial charge is 0.0900 e. The second-order valence-corrected chi connectivity index (χ2v) is 8.42. The molecule has 0 unspecified atom stereocenters. The molecule has 5 heteroatoms. The number of benzene rings is 4. The van der Waals surface area contributed by atoms with E-state index in [9.17, 15) is 0 Å². The number of halogens is 1. The van der Waals surface area contributed by atoms with Crippen molar-refractivity contribution in [1.29, 1.82) is 0 Å². The highest BCUT2D eigenvalue weighted by Gasteiger charge is 2.16. The fourth-order valence-electron chi connectivity index (χ4n) is 3.87. The van der Waals surface area contributed by atoms with E-state index < -0.39 is 0 Å². The van der Waals surface area contributed by atoms with E-state index in [4.69, 9.17) is 21.6 Å². The zero-order chi connectivity index (χ0) is 22.1. The molecule has 1 aliphatic carbocycles. The van der Waals surface area contributed by atoms with Crippen molar-refractivity contribution in [3.8, 4) is 17.1 Å². The van der Waals surface area contributed by atoms with E-state index in [1.165, 1.54) is 0 Å². The first-order chi connectivity index (χ1) is 15.6. The third kappa shape index (κ3) is 3.97. The minimum absolute atomic E-state index is 0.150. The molecular weight excluding hydrogens is 416 g/mol. The summed E-state index contributed by atoms with van der Waals surface area (Å²) < 4.78 is 2.25. The Kier molecular flexibility index (Phi) is 5.38. The van der Waals surface area contributed by atoms with Gasteiger partial charge < -0.3 is 9.88 Å². The van der Waals surface area contributed by atoms with Crippen molar-refractivity contribution in [2.24, 2.45) is 4.99 Å². The lowest BCUT2D eigenvalue weighted by Gasteiger charge is -2.20. The molecule has 1 N–H and O–H groups in total. The molecule has 0 saturated carbocycles. The van der Waals surface area contributed by atoms with Crippen molar-refractivity contribution in [2.75, 3.05) is 5.32 Å². The van der Waals surface area contributed by atoms with Gasteiger partial charge in [0.25, 0.3) is 0 Å². The van der Waals surface area contributed by atoms with Gasteiger partial charge in [-0.15, -0.1) is 0 Å². The number of nitrogens with one attached hydrogen (secondary N) is 1. The van der Waals surface area contributed by atoms with Crippen LogP contribution >= 0.6 is 11.6 Å². The highest BCUT2D eigenvalue weighted by atomic mass is 35.5. The van der Waals surface area contributed by atoms with E-state index in [0.717, 1.165) is 44.8 Å². The van der Waals surface area contributed by atoms with Gasteiger partial charge >= 0.3 is 0 Å². The van der Waals surface area contributed by atoms with Gasteiger partial charge in [0.05, 0.1) is 33.5 Å². The molecule has 3 aromatic rings. The SMILES string of the molecule is CC(C)N=c1cc2n(-c3ccccc3)c3ccccc3nc-2cc1Nc1ccc(Cl)cc1. The van der Waals surface area contributed by atoms with Crippen LogP contribution in [0, 0.1) is 0 Å². The summed E-state index contributed by atoms with van der Waals surface area (Å²) in [5.74, 6) is 0. The van der Waals surface area contributed by atoms with Gasteiger partial charge in [-0.2, -0.15) is 0 Å². The fourth-order valence-corrected chi connectivity index (χ4v) is 4.00. The molecule has 2 aliphatic rings. The molecule has 5 rings (SSSR count). The lowest BCUT2D eigenvalue weighted by atomic mass is 10.1. The first-order valence-electron chi connectivity index (χ1n) is 10.7. The van der Waals surface area contributed by atoms with Gasteiger partial charge in [-0.3, -0.25) is 4.99 Å². The molecule has 0 amide bonds. The van der Waals surface area contributed by atoms with Crippen LogP contribution in [0.3, 0.4) is 0 Å². The van der Waals surface area contributed by atoms with Gasteiger partial charge in [0.2, 0.25) is 0 Å². The van der Waals surface area contributed by atoms with Gasteiger partial charge in [0.15, 0.2) is 0 Å². The quantitative estimate of drug-likeness (QED) is 0.312. The van der Waals surface area contributed by atoms with Crippen molar-refractivity contribution in [3.63, 3.8) is 0 Å². The van der Waals surface area contributed by atoms with E-state index in [1.54, 1.807) is 0 Å². The second kappa shape index (κ2) is 8.48. The molecule has 0 fully saturated rings. The average Bonchev–Trinajstić information content (AvgIpc) is 2.80. The molecule has 3 aromatic carbocycles. The van der Waals surface area contributed by atoms with Crippen LogP contribution < -0.4 is 10.7 Å². The van der Waals surface area contributed by atoms with Crippen LogP contribution in [0.2, 0.25) is 5.02 Å². The number of hydrogen-bond acceptors (Lipinski definition) is 3. The normalized spacial score (nSPS) is 12.1. The van der Waals surface area contributed by atoms with Crippen molar-refractivity contribution in [2.45, 2.75) is 19.9 Å². The van der Waals surface area contributed by atoms with Gasteiger partial charge in [-0.1, -0.05) is 41.9 Å². The summed E-state index contributed by atoms with van der Waals surface area (Å²) in [5, 5.41) is 5.10. The molecule has 0 saturated heterocycles. The first kappa shape index (κ1) is 20.3. The maximum absolute atomic E-state index is 6.06. The lowest BCUT2D eigenvalue weighted by Crippen LogP contribution is -2.16. The van der Waals surface area contributed by atoms with E-state index in [0.29, 0.717) is 5.02 Å². The zero-order valence-corrected chi connectivity index (χ0v) is 18.7. The van der Waals surface area contributed by atoms with Crippen LogP contribution in [0.15, 0.2) is 96.0 Å². The number of anilines is 2. The predicted molar refractivity (Wildman–Crippen MR) is 133 cm³/mol. The molecule has 0 aromatic heterocycles. The molecular formula is C27H23ClN4. The predicted octanol–water partition coefficient (Wildman–Crippen LogP) is 6.84. The molecule has 0 atom stereocenters. The average molecular weight is 439 g/mol. The maximum Gasteiger partial charge on any atom is 0.0900 e. The second-order valence-electron chi connectivity index (χ2n) is 7.98. The highest BCUT2D eigenvalue weighted by Crippen LogP contribution is 2.30. The van der Waals surface area contributed by atoms with E-state index in [-0.39, 0.29) is 6.04 Å². The Labute approximate surface area is 192 Å². The van der Waals surface area contributed by atoms with E-state index >= 15 is 0 Å². The largest absolute Gasteiger partial charge is 0.354 e. The minimum atomic E-state index is 0.150. The summed E-state index contributed by atoms with van der Waals surface area (Å²) in [7, 11) is 0. The number of para-hydroxylation sites is 3. The highest BCUT2D eigenvalue weighted by molar-refractivity contribution is 6.30. The Morgan fingerprint density at radius 1 is 0.875 bits per heavy atom. The number of aromatic nitrogens is 2. The van der Waals surface area contributed by atoms with Crippen molar-refractivity contribution in [1.82, 2.24) is 9.55 Å². The van der Waals surface area contributed by atoms with Crippen molar-refractivity contribution < 1.29 is 0 Å². The summed E-state index contributed by atoms with van der Waals surface area (Å²) in [4.78, 5) is 9.89. The zero-order valence-electron chi connectivity index (χ0n) is 18.0. The first-order valence-corrected chi connectivity index (χ1v) is 11.0. The number of rotatable bonds is 4. The summed E-state index contributed by atoms with van der Waals surface area (Å²) in [6.07, 6.45) is 0. The minimum Gasteiger partial charge on any atom is -0.354 e. The number of hydrogen-bond donors (Lipinski definition) is 1. The maximum atomic E-state index is 6.06. The standard InChI is InChI=1S/C27H23ClN4/c1-18(2)29-24-17-27-25(16-23(24)30-20-14-12-19(28)13-15-20)31-22-10-6-7-11-26(22)32(27)21-8-4-3-5-9-21/h3-18,30H,1-2H3. The van der Waals surface area contributed by atoms with Gasteiger partial charge in [0.1, 0.15) is 0 Å². The van der Waals surface area contributed by atoms with Crippen molar-refractivity contribution in [3.05, 3.63) is 101 Å². The van der Waals surface area contributed by atoms with Crippen LogP contribution in [0.5, 0.6) is 0 Å². The molecule has 158 valence electrons. The van der Waals surface area contributed by atoms with Crippen LogP contribution in [-0.2, 0) is 0 Å². The summed E-state index contributed by atoms with van der Waals surface area (Å²) in [6, 6.07) is 30.6. The summed E-state index contributed by atoms with van der Waals surface area (Å²) >= 11 is 6.06. The van der Waals surface area contributed by atoms with Crippen LogP contribution in [0.1, 0.15) is 13.8 Å². The fraction of sp³-hybridized carbons (Fsp3) is 0.111. The Morgan fingerprint density at radius 2 is 1.59 bits per heavy atom.